The van der Waals surface area contributed by atoms with Crippen molar-refractivity contribution in [2.24, 2.45) is 0 Å². The zero-order valence-corrected chi connectivity index (χ0v) is 15.4. The van der Waals surface area contributed by atoms with Gasteiger partial charge in [-0.3, -0.25) is 9.59 Å². The first kappa shape index (κ1) is 18.6. The summed E-state index contributed by atoms with van der Waals surface area (Å²) in [7, 11) is 0. The van der Waals surface area contributed by atoms with Crippen LogP contribution in [0.2, 0.25) is 0 Å². The summed E-state index contributed by atoms with van der Waals surface area (Å²) < 4.78 is 5.24. The van der Waals surface area contributed by atoms with Crippen LogP contribution < -0.4 is 5.32 Å². The summed E-state index contributed by atoms with van der Waals surface area (Å²) in [4.78, 5) is 38.2. The summed E-state index contributed by atoms with van der Waals surface area (Å²) in [6, 6.07) is 14.0. The average molecular weight is 366 g/mol. The number of ether oxygens (including phenoxy) is 1. The second-order valence-electron chi connectivity index (χ2n) is 6.67. The van der Waals surface area contributed by atoms with Gasteiger partial charge >= 0.3 is 6.09 Å². The van der Waals surface area contributed by atoms with Gasteiger partial charge in [-0.2, -0.15) is 0 Å². The number of benzene rings is 2. The third kappa shape index (κ3) is 4.34. The van der Waals surface area contributed by atoms with Crippen LogP contribution in [0.15, 0.2) is 48.5 Å². The van der Waals surface area contributed by atoms with E-state index in [-0.39, 0.29) is 25.4 Å². The van der Waals surface area contributed by atoms with Crippen LogP contribution >= 0.6 is 0 Å². The molecular formula is C21H22N2O4. The zero-order valence-electron chi connectivity index (χ0n) is 15.4. The lowest BCUT2D eigenvalue weighted by Gasteiger charge is -2.22. The Balaban J connectivity index is 1.67. The first-order valence-electron chi connectivity index (χ1n) is 8.86. The van der Waals surface area contributed by atoms with E-state index in [1.54, 1.807) is 0 Å². The Bertz CT molecular complexity index is 864. The highest BCUT2D eigenvalue weighted by Crippen LogP contribution is 2.23. The fraction of sp³-hybridized carbons (Fsp3) is 0.286. The molecule has 0 spiro atoms. The second kappa shape index (κ2) is 8.03. The number of rotatable bonds is 4. The smallest absolute Gasteiger partial charge is 0.417 e. The van der Waals surface area contributed by atoms with E-state index in [0.29, 0.717) is 5.69 Å². The maximum Gasteiger partial charge on any atom is 0.417 e. The van der Waals surface area contributed by atoms with Crippen molar-refractivity contribution in [1.29, 1.82) is 0 Å². The van der Waals surface area contributed by atoms with E-state index >= 15 is 0 Å². The standard InChI is InChI=1S/C21H22N2O4/c1-14-8-9-17(15(2)12-14)22-20(25)18-10-11-19(24)23(18)21(26)27-13-16-6-4-3-5-7-16/h3-9,12,18H,10-11,13H2,1-2H3,(H,22,25)/t18-/m1/s1. The normalized spacial score (nSPS) is 16.3. The number of aryl methyl sites for hydroxylation is 2. The molecule has 0 aliphatic carbocycles. The average Bonchev–Trinajstić information content (AvgIpc) is 3.04. The first-order chi connectivity index (χ1) is 13.0. The molecule has 1 aliphatic heterocycles. The van der Waals surface area contributed by atoms with Crippen molar-refractivity contribution in [3.63, 3.8) is 0 Å². The summed E-state index contributed by atoms with van der Waals surface area (Å²) in [6.45, 7) is 3.92. The SMILES string of the molecule is Cc1ccc(NC(=O)[C@H]2CCC(=O)N2C(=O)OCc2ccccc2)c(C)c1. The molecule has 0 bridgehead atoms. The van der Waals surface area contributed by atoms with Gasteiger partial charge in [-0.15, -0.1) is 0 Å². The number of hydrogen-bond donors (Lipinski definition) is 1. The summed E-state index contributed by atoms with van der Waals surface area (Å²) in [5, 5.41) is 2.82. The fourth-order valence-corrected chi connectivity index (χ4v) is 3.12. The van der Waals surface area contributed by atoms with Gasteiger partial charge in [0.2, 0.25) is 11.8 Å². The molecule has 3 rings (SSSR count). The van der Waals surface area contributed by atoms with Gasteiger partial charge in [0.05, 0.1) is 0 Å². The molecule has 0 aromatic heterocycles. The van der Waals surface area contributed by atoms with Crippen LogP contribution in [-0.4, -0.2) is 28.8 Å². The monoisotopic (exact) mass is 366 g/mol. The lowest BCUT2D eigenvalue weighted by Crippen LogP contribution is -2.45. The minimum atomic E-state index is -0.860. The largest absolute Gasteiger partial charge is 0.444 e. The Morgan fingerprint density at radius 1 is 1.15 bits per heavy atom. The van der Waals surface area contributed by atoms with E-state index in [0.717, 1.165) is 21.6 Å². The highest BCUT2D eigenvalue weighted by Gasteiger charge is 2.41. The molecule has 1 saturated heterocycles. The molecule has 1 heterocycles. The molecule has 140 valence electrons. The molecule has 2 aromatic rings. The Labute approximate surface area is 158 Å². The van der Waals surface area contributed by atoms with Gasteiger partial charge in [-0.25, -0.2) is 9.69 Å². The second-order valence-corrected chi connectivity index (χ2v) is 6.67. The van der Waals surface area contributed by atoms with Gasteiger partial charge in [0.15, 0.2) is 0 Å². The molecule has 0 saturated carbocycles. The lowest BCUT2D eigenvalue weighted by atomic mass is 10.1. The van der Waals surface area contributed by atoms with Crippen molar-refractivity contribution >= 4 is 23.6 Å². The van der Waals surface area contributed by atoms with Gasteiger partial charge in [-0.05, 0) is 37.5 Å². The van der Waals surface area contributed by atoms with Gasteiger partial charge in [-0.1, -0.05) is 48.0 Å². The summed E-state index contributed by atoms with van der Waals surface area (Å²) >= 11 is 0. The van der Waals surface area contributed by atoms with Crippen molar-refractivity contribution in [1.82, 2.24) is 4.90 Å². The van der Waals surface area contributed by atoms with E-state index in [1.807, 2.05) is 62.4 Å². The van der Waals surface area contributed by atoms with Gasteiger partial charge in [0.25, 0.3) is 0 Å². The van der Waals surface area contributed by atoms with E-state index < -0.39 is 18.0 Å². The molecule has 1 N–H and O–H groups in total. The molecule has 1 aliphatic rings. The van der Waals surface area contributed by atoms with Crippen molar-refractivity contribution in [3.05, 3.63) is 65.2 Å². The minimum absolute atomic E-state index is 0.0505. The number of likely N-dealkylation sites (tertiary alicyclic amines) is 1. The first-order valence-corrected chi connectivity index (χ1v) is 8.86. The molecule has 2 aromatic carbocycles. The van der Waals surface area contributed by atoms with E-state index in [9.17, 15) is 14.4 Å². The van der Waals surface area contributed by atoms with Gasteiger partial charge < -0.3 is 10.1 Å². The zero-order chi connectivity index (χ0) is 19.4. The molecule has 3 amide bonds. The maximum atomic E-state index is 12.7. The summed E-state index contributed by atoms with van der Waals surface area (Å²) in [5.74, 6) is -0.779. The molecule has 0 radical (unpaired) electrons. The number of amides is 3. The Morgan fingerprint density at radius 2 is 1.89 bits per heavy atom. The highest BCUT2D eigenvalue weighted by atomic mass is 16.6. The lowest BCUT2D eigenvalue weighted by molar-refractivity contribution is -0.131. The molecule has 27 heavy (non-hydrogen) atoms. The quantitative estimate of drug-likeness (QED) is 0.897. The van der Waals surface area contributed by atoms with Crippen molar-refractivity contribution in [3.8, 4) is 0 Å². The molecule has 6 nitrogen and oxygen atoms in total. The number of nitrogens with one attached hydrogen (secondary N) is 1. The topological polar surface area (TPSA) is 75.7 Å². The van der Waals surface area contributed by atoms with Crippen LogP contribution in [0.1, 0.15) is 29.5 Å². The van der Waals surface area contributed by atoms with Crippen LogP contribution in [-0.2, 0) is 20.9 Å². The number of carbonyl (C=O) groups excluding carboxylic acids is 3. The van der Waals surface area contributed by atoms with Crippen LogP contribution in [0.25, 0.3) is 0 Å². The number of nitrogens with zero attached hydrogens (tertiary/aromatic N) is 1. The number of hydrogen-bond acceptors (Lipinski definition) is 4. The number of anilines is 1. The van der Waals surface area contributed by atoms with Crippen LogP contribution in [0.3, 0.4) is 0 Å². The Morgan fingerprint density at radius 3 is 2.59 bits per heavy atom. The number of imide groups is 1. The summed E-state index contributed by atoms with van der Waals surface area (Å²) in [5.41, 5.74) is 3.50. The molecule has 1 atom stereocenters. The Hall–Kier alpha value is -3.15. The maximum absolute atomic E-state index is 12.7. The minimum Gasteiger partial charge on any atom is -0.444 e. The molecule has 0 unspecified atom stereocenters. The van der Waals surface area contributed by atoms with Gasteiger partial charge in [0, 0.05) is 12.1 Å². The van der Waals surface area contributed by atoms with Crippen molar-refractivity contribution in [2.75, 3.05) is 5.32 Å². The summed E-state index contributed by atoms with van der Waals surface area (Å²) in [6.07, 6.45) is -0.358. The van der Waals surface area contributed by atoms with Crippen molar-refractivity contribution in [2.45, 2.75) is 39.3 Å². The Kier molecular flexibility index (Phi) is 5.54. The number of carbonyl (C=O) groups is 3. The fourth-order valence-electron chi connectivity index (χ4n) is 3.12. The van der Waals surface area contributed by atoms with Gasteiger partial charge in [0.1, 0.15) is 12.6 Å². The highest BCUT2D eigenvalue weighted by molar-refractivity contribution is 6.04. The predicted molar refractivity (Wildman–Crippen MR) is 101 cm³/mol. The van der Waals surface area contributed by atoms with Crippen LogP contribution in [0.4, 0.5) is 10.5 Å². The predicted octanol–water partition coefficient (Wildman–Crippen LogP) is 3.57. The van der Waals surface area contributed by atoms with Crippen LogP contribution in [0.5, 0.6) is 0 Å². The van der Waals surface area contributed by atoms with E-state index in [2.05, 4.69) is 5.32 Å². The van der Waals surface area contributed by atoms with E-state index in [4.69, 9.17) is 4.74 Å². The molecule has 6 heteroatoms. The third-order valence-corrected chi connectivity index (χ3v) is 4.56. The third-order valence-electron chi connectivity index (χ3n) is 4.56. The molecular weight excluding hydrogens is 344 g/mol. The van der Waals surface area contributed by atoms with E-state index in [1.165, 1.54) is 0 Å². The van der Waals surface area contributed by atoms with Crippen LogP contribution in [0, 0.1) is 13.8 Å². The molecule has 1 fully saturated rings. The van der Waals surface area contributed by atoms with Crippen molar-refractivity contribution < 1.29 is 19.1 Å².